The van der Waals surface area contributed by atoms with Gasteiger partial charge < -0.3 is 46.0 Å². The van der Waals surface area contributed by atoms with Gasteiger partial charge in [-0.05, 0) is 12.8 Å². The molecule has 0 unspecified atom stereocenters. The first-order valence-electron chi connectivity index (χ1n) is 8.92. The summed E-state index contributed by atoms with van der Waals surface area (Å²) < 4.78 is 0. The largest absolute Gasteiger partial charge is 0.481 e. The van der Waals surface area contributed by atoms with Crippen LogP contribution in [-0.2, 0) is 14.4 Å². The van der Waals surface area contributed by atoms with Crippen molar-refractivity contribution in [1.29, 1.82) is 0 Å². The predicted molar refractivity (Wildman–Crippen MR) is 108 cm³/mol. The number of aliphatic hydroxyl groups is 6. The normalized spacial score (nSPS) is 9.70. The molecule has 9 N–H and O–H groups in total. The molecule has 0 aromatic heterocycles. The van der Waals surface area contributed by atoms with Crippen molar-refractivity contribution in [3.8, 4) is 0 Å². The van der Waals surface area contributed by atoms with E-state index in [0.717, 1.165) is 20.8 Å². The standard InChI is InChI=1S/2C6H14O3.3C2H4O2/c2*1-2-6(3-7,4-8)5-9;3*1-2(3)4/h2*7-9H,2-5H2,1H3;3*1H3,(H,3,4). The monoisotopic (exact) mass is 448 g/mol. The van der Waals surface area contributed by atoms with Gasteiger partial charge in [-0.1, -0.05) is 13.8 Å². The van der Waals surface area contributed by atoms with Crippen LogP contribution in [0.3, 0.4) is 0 Å². The molecule has 0 rings (SSSR count). The van der Waals surface area contributed by atoms with Gasteiger partial charge in [-0.15, -0.1) is 0 Å². The van der Waals surface area contributed by atoms with Crippen molar-refractivity contribution in [3.63, 3.8) is 0 Å². The second-order valence-electron chi connectivity index (χ2n) is 6.21. The van der Waals surface area contributed by atoms with Crippen molar-refractivity contribution >= 4 is 17.9 Å². The predicted octanol–water partition coefficient (Wildman–Crippen LogP) is -1.01. The van der Waals surface area contributed by atoms with E-state index in [9.17, 15) is 0 Å². The number of carboxylic acid groups (broad SMARTS) is 3. The molecule has 0 heterocycles. The fraction of sp³-hybridized carbons (Fsp3) is 0.833. The molecule has 0 spiro atoms. The molecular formula is C18H40O12. The van der Waals surface area contributed by atoms with E-state index in [1.165, 1.54) is 0 Å². The second-order valence-corrected chi connectivity index (χ2v) is 6.21. The number of hydrogen-bond acceptors (Lipinski definition) is 9. The molecule has 30 heavy (non-hydrogen) atoms. The topological polar surface area (TPSA) is 233 Å². The summed E-state index contributed by atoms with van der Waals surface area (Å²) in [6.45, 7) is 5.96. The van der Waals surface area contributed by atoms with Crippen LogP contribution in [0.2, 0.25) is 0 Å². The highest BCUT2D eigenvalue weighted by molar-refractivity contribution is 5.63. The van der Waals surface area contributed by atoms with Gasteiger partial charge in [0, 0.05) is 31.6 Å². The third-order valence-corrected chi connectivity index (χ3v) is 3.51. The molecule has 0 bridgehead atoms. The second kappa shape index (κ2) is 25.2. The van der Waals surface area contributed by atoms with Gasteiger partial charge in [-0.2, -0.15) is 0 Å². The number of aliphatic carboxylic acids is 3. The van der Waals surface area contributed by atoms with E-state index in [0.29, 0.717) is 12.8 Å². The SMILES string of the molecule is CC(=O)O.CC(=O)O.CC(=O)O.CCC(CO)(CO)CO.CCC(CO)(CO)CO. The Morgan fingerprint density at radius 2 is 0.600 bits per heavy atom. The van der Waals surface area contributed by atoms with Gasteiger partial charge in [0.2, 0.25) is 0 Å². The van der Waals surface area contributed by atoms with Crippen LogP contribution >= 0.6 is 0 Å². The summed E-state index contributed by atoms with van der Waals surface area (Å²) in [4.78, 5) is 27.0. The minimum atomic E-state index is -0.833. The van der Waals surface area contributed by atoms with E-state index >= 15 is 0 Å². The highest BCUT2D eigenvalue weighted by atomic mass is 16.4. The lowest BCUT2D eigenvalue weighted by atomic mass is 9.88. The van der Waals surface area contributed by atoms with Gasteiger partial charge in [0.25, 0.3) is 17.9 Å². The van der Waals surface area contributed by atoms with Crippen LogP contribution in [0.5, 0.6) is 0 Å². The molecule has 0 aromatic carbocycles. The molecule has 184 valence electrons. The molecule has 12 heteroatoms. The van der Waals surface area contributed by atoms with Crippen LogP contribution in [0.4, 0.5) is 0 Å². The maximum Gasteiger partial charge on any atom is 0.300 e. The van der Waals surface area contributed by atoms with E-state index in [1.807, 2.05) is 13.8 Å². The minimum absolute atomic E-state index is 0.156. The van der Waals surface area contributed by atoms with E-state index in [2.05, 4.69) is 0 Å². The Hall–Kier alpha value is -1.83. The van der Waals surface area contributed by atoms with Gasteiger partial charge in [-0.25, -0.2) is 0 Å². The van der Waals surface area contributed by atoms with E-state index in [-0.39, 0.29) is 39.6 Å². The summed E-state index contributed by atoms with van der Waals surface area (Å²) >= 11 is 0. The highest BCUT2D eigenvalue weighted by Crippen LogP contribution is 2.18. The van der Waals surface area contributed by atoms with E-state index < -0.39 is 28.7 Å². The van der Waals surface area contributed by atoms with Crippen LogP contribution in [0, 0.1) is 10.8 Å². The summed E-state index contributed by atoms with van der Waals surface area (Å²) in [5.74, 6) is -2.50. The third-order valence-electron chi connectivity index (χ3n) is 3.51. The average molecular weight is 449 g/mol. The number of carbonyl (C=O) groups is 3. The van der Waals surface area contributed by atoms with E-state index in [4.69, 9.17) is 60.3 Å². The highest BCUT2D eigenvalue weighted by Gasteiger charge is 2.25. The van der Waals surface area contributed by atoms with Gasteiger partial charge in [-0.3, -0.25) is 14.4 Å². The molecule has 0 amide bonds. The Morgan fingerprint density at radius 3 is 0.600 bits per heavy atom. The van der Waals surface area contributed by atoms with Gasteiger partial charge >= 0.3 is 0 Å². The minimum Gasteiger partial charge on any atom is -0.481 e. The Bertz CT molecular complexity index is 308. The van der Waals surface area contributed by atoms with Crippen molar-refractivity contribution in [1.82, 2.24) is 0 Å². The quantitative estimate of drug-likeness (QED) is 0.217. The Kier molecular flexibility index (Phi) is 32.5. The summed E-state index contributed by atoms with van der Waals surface area (Å²) in [5, 5.41) is 74.2. The smallest absolute Gasteiger partial charge is 0.300 e. The zero-order valence-corrected chi connectivity index (χ0v) is 18.4. The van der Waals surface area contributed by atoms with Crippen molar-refractivity contribution in [2.75, 3.05) is 39.6 Å². The number of carboxylic acids is 3. The first-order chi connectivity index (χ1) is 13.7. The van der Waals surface area contributed by atoms with Gasteiger partial charge in [0.05, 0.1) is 39.6 Å². The maximum absolute atomic E-state index is 9.00. The van der Waals surface area contributed by atoms with Crippen LogP contribution < -0.4 is 0 Å². The lowest BCUT2D eigenvalue weighted by Gasteiger charge is -2.24. The Balaban J connectivity index is -0.0000000923. The van der Waals surface area contributed by atoms with Crippen molar-refractivity contribution in [2.24, 2.45) is 10.8 Å². The van der Waals surface area contributed by atoms with Crippen LogP contribution in [0.25, 0.3) is 0 Å². The molecule has 0 aliphatic heterocycles. The fourth-order valence-corrected chi connectivity index (χ4v) is 0.971. The van der Waals surface area contributed by atoms with Gasteiger partial charge in [0.15, 0.2) is 0 Å². The molecular weight excluding hydrogens is 408 g/mol. The third kappa shape index (κ3) is 33.7. The van der Waals surface area contributed by atoms with Crippen LogP contribution in [-0.4, -0.2) is 104 Å². The number of hydrogen-bond donors (Lipinski definition) is 9. The molecule has 12 nitrogen and oxygen atoms in total. The molecule has 0 aliphatic rings. The van der Waals surface area contributed by atoms with Crippen LogP contribution in [0.1, 0.15) is 47.5 Å². The molecule has 0 saturated heterocycles. The Morgan fingerprint density at radius 1 is 0.500 bits per heavy atom. The first kappa shape index (κ1) is 38.7. The van der Waals surface area contributed by atoms with Crippen molar-refractivity contribution < 1.29 is 60.3 Å². The fourth-order valence-electron chi connectivity index (χ4n) is 0.971. The summed E-state index contributed by atoms with van der Waals surface area (Å²) in [6.07, 6.45) is 1.19. The molecule has 0 aliphatic carbocycles. The van der Waals surface area contributed by atoms with Crippen LogP contribution in [0.15, 0.2) is 0 Å². The lowest BCUT2D eigenvalue weighted by Crippen LogP contribution is -2.32. The zero-order valence-electron chi connectivity index (χ0n) is 18.4. The summed E-state index contributed by atoms with van der Waals surface area (Å²) in [7, 11) is 0. The lowest BCUT2D eigenvalue weighted by molar-refractivity contribution is -0.135. The zero-order chi connectivity index (χ0) is 25.4. The van der Waals surface area contributed by atoms with Crippen molar-refractivity contribution in [3.05, 3.63) is 0 Å². The summed E-state index contributed by atoms with van der Waals surface area (Å²) in [6, 6.07) is 0. The summed E-state index contributed by atoms with van der Waals surface area (Å²) in [5.41, 5.74) is -1.33. The molecule has 0 saturated carbocycles. The Labute approximate surface area is 177 Å². The van der Waals surface area contributed by atoms with Gasteiger partial charge in [0.1, 0.15) is 0 Å². The van der Waals surface area contributed by atoms with Crippen molar-refractivity contribution in [2.45, 2.75) is 47.5 Å². The average Bonchev–Trinajstić information content (AvgIpc) is 2.66. The van der Waals surface area contributed by atoms with E-state index in [1.54, 1.807) is 0 Å². The molecule has 0 atom stereocenters. The number of rotatable bonds is 8. The maximum atomic E-state index is 9.00. The first-order valence-corrected chi connectivity index (χ1v) is 8.92. The number of aliphatic hydroxyl groups excluding tert-OH is 6. The molecule has 0 fully saturated rings. The molecule has 0 radical (unpaired) electrons. The molecule has 0 aromatic rings.